The molecule has 1 aromatic carbocycles. The number of amides is 1. The van der Waals surface area contributed by atoms with Crippen molar-refractivity contribution in [1.82, 2.24) is 4.31 Å². The highest BCUT2D eigenvalue weighted by Gasteiger charge is 2.32. The van der Waals surface area contributed by atoms with E-state index in [0.29, 0.717) is 44.0 Å². The van der Waals surface area contributed by atoms with Gasteiger partial charge in [0.2, 0.25) is 15.9 Å². The zero-order chi connectivity index (χ0) is 16.6. The summed E-state index contributed by atoms with van der Waals surface area (Å²) in [5.41, 5.74) is 1.76. The van der Waals surface area contributed by atoms with E-state index in [0.717, 1.165) is 11.3 Å². The number of ether oxygens (including phenoxy) is 1. The van der Waals surface area contributed by atoms with Gasteiger partial charge in [-0.05, 0) is 37.1 Å². The molecular weight excluding hydrogens is 316 g/mol. The van der Waals surface area contributed by atoms with E-state index in [1.165, 1.54) is 4.31 Å². The third-order valence-corrected chi connectivity index (χ3v) is 6.34. The Morgan fingerprint density at radius 1 is 1.30 bits per heavy atom. The Hall–Kier alpha value is -1.44. The average molecular weight is 338 g/mol. The summed E-state index contributed by atoms with van der Waals surface area (Å²) in [5.74, 6) is 0.0695. The van der Waals surface area contributed by atoms with Crippen molar-refractivity contribution in [2.24, 2.45) is 0 Å². The van der Waals surface area contributed by atoms with Crippen LogP contribution in [0.1, 0.15) is 25.8 Å². The monoisotopic (exact) mass is 338 g/mol. The smallest absolute Gasteiger partial charge is 0.243 e. The molecule has 0 spiro atoms. The van der Waals surface area contributed by atoms with Crippen LogP contribution in [0.5, 0.6) is 0 Å². The van der Waals surface area contributed by atoms with Crippen LogP contribution in [-0.4, -0.2) is 51.0 Å². The van der Waals surface area contributed by atoms with Crippen molar-refractivity contribution in [2.45, 2.75) is 37.6 Å². The number of fused-ring (bicyclic) bond motifs is 1. The van der Waals surface area contributed by atoms with Crippen LogP contribution in [0.3, 0.4) is 0 Å². The number of carbonyl (C=O) groups excluding carboxylic acids is 1. The molecule has 1 fully saturated rings. The maximum Gasteiger partial charge on any atom is 0.243 e. The van der Waals surface area contributed by atoms with Gasteiger partial charge in [-0.25, -0.2) is 8.42 Å². The van der Waals surface area contributed by atoms with Crippen LogP contribution in [-0.2, 0) is 26.0 Å². The van der Waals surface area contributed by atoms with E-state index >= 15 is 0 Å². The van der Waals surface area contributed by atoms with Gasteiger partial charge in [0.25, 0.3) is 0 Å². The van der Waals surface area contributed by atoms with Crippen LogP contribution >= 0.6 is 0 Å². The minimum absolute atomic E-state index is 0.0683. The number of carbonyl (C=O) groups is 1. The first-order chi connectivity index (χ1) is 10.9. The summed E-state index contributed by atoms with van der Waals surface area (Å²) in [6, 6.07) is 5.16. The van der Waals surface area contributed by atoms with Crippen molar-refractivity contribution in [3.63, 3.8) is 0 Å². The Morgan fingerprint density at radius 2 is 2.00 bits per heavy atom. The Labute approximate surface area is 137 Å². The molecule has 6 nitrogen and oxygen atoms in total. The fourth-order valence-corrected chi connectivity index (χ4v) is 4.71. The highest BCUT2D eigenvalue weighted by atomic mass is 32.2. The standard InChI is InChI=1S/C16H22N2O4S/c1-3-16(19)18-12(2)10-13-11-14(4-5-15(13)18)23(20,21)17-6-8-22-9-7-17/h4-5,11-12H,3,6-10H2,1-2H3/t12-/m1/s1. The molecule has 1 atom stereocenters. The molecule has 2 heterocycles. The van der Waals surface area contributed by atoms with Crippen LogP contribution < -0.4 is 4.90 Å². The van der Waals surface area contributed by atoms with E-state index < -0.39 is 10.0 Å². The lowest BCUT2D eigenvalue weighted by atomic mass is 10.1. The minimum atomic E-state index is -3.49. The molecule has 3 rings (SSSR count). The second kappa shape index (κ2) is 6.22. The van der Waals surface area contributed by atoms with Gasteiger partial charge < -0.3 is 9.64 Å². The van der Waals surface area contributed by atoms with Gasteiger partial charge in [0.15, 0.2) is 0 Å². The van der Waals surface area contributed by atoms with Gasteiger partial charge in [0.1, 0.15) is 0 Å². The third-order valence-electron chi connectivity index (χ3n) is 4.45. The van der Waals surface area contributed by atoms with Crippen molar-refractivity contribution < 1.29 is 17.9 Å². The van der Waals surface area contributed by atoms with Crippen molar-refractivity contribution in [1.29, 1.82) is 0 Å². The molecule has 126 valence electrons. The molecule has 0 radical (unpaired) electrons. The summed E-state index contributed by atoms with van der Waals surface area (Å²) in [4.78, 5) is 14.2. The van der Waals surface area contributed by atoms with E-state index in [9.17, 15) is 13.2 Å². The van der Waals surface area contributed by atoms with Crippen LogP contribution in [0.25, 0.3) is 0 Å². The summed E-state index contributed by atoms with van der Waals surface area (Å²) >= 11 is 0. The molecule has 0 bridgehead atoms. The first kappa shape index (κ1) is 16.4. The van der Waals surface area contributed by atoms with Gasteiger partial charge in [0, 0.05) is 31.2 Å². The van der Waals surface area contributed by atoms with Gasteiger partial charge in [-0.2, -0.15) is 4.31 Å². The van der Waals surface area contributed by atoms with E-state index in [4.69, 9.17) is 4.74 Å². The topological polar surface area (TPSA) is 66.9 Å². The number of nitrogens with zero attached hydrogens (tertiary/aromatic N) is 2. The Kier molecular flexibility index (Phi) is 4.44. The number of benzene rings is 1. The molecule has 23 heavy (non-hydrogen) atoms. The highest BCUT2D eigenvalue weighted by molar-refractivity contribution is 7.89. The molecule has 0 aliphatic carbocycles. The molecule has 1 aromatic rings. The van der Waals surface area contributed by atoms with Crippen molar-refractivity contribution in [3.8, 4) is 0 Å². The molecular formula is C16H22N2O4S. The van der Waals surface area contributed by atoms with Crippen LogP contribution in [0.2, 0.25) is 0 Å². The summed E-state index contributed by atoms with van der Waals surface area (Å²) < 4.78 is 32.1. The first-order valence-electron chi connectivity index (χ1n) is 7.98. The van der Waals surface area contributed by atoms with Gasteiger partial charge in [0.05, 0.1) is 18.1 Å². The molecule has 1 saturated heterocycles. The lowest BCUT2D eigenvalue weighted by molar-refractivity contribution is -0.118. The fraction of sp³-hybridized carbons (Fsp3) is 0.562. The number of anilines is 1. The molecule has 2 aliphatic rings. The van der Waals surface area contributed by atoms with Crippen molar-refractivity contribution in [3.05, 3.63) is 23.8 Å². The summed E-state index contributed by atoms with van der Waals surface area (Å²) in [6.45, 7) is 5.46. The molecule has 2 aliphatic heterocycles. The fourth-order valence-electron chi connectivity index (χ4n) is 3.25. The maximum atomic E-state index is 12.7. The maximum absolute atomic E-state index is 12.7. The van der Waals surface area contributed by atoms with E-state index in [2.05, 4.69) is 0 Å². The molecule has 7 heteroatoms. The van der Waals surface area contributed by atoms with Crippen molar-refractivity contribution >= 4 is 21.6 Å². The lowest BCUT2D eigenvalue weighted by Gasteiger charge is -2.26. The number of rotatable bonds is 3. The second-order valence-electron chi connectivity index (χ2n) is 5.98. The second-order valence-corrected chi connectivity index (χ2v) is 7.92. The quantitative estimate of drug-likeness (QED) is 0.835. The van der Waals surface area contributed by atoms with Gasteiger partial charge in [-0.3, -0.25) is 4.79 Å². The highest BCUT2D eigenvalue weighted by Crippen LogP contribution is 2.35. The largest absolute Gasteiger partial charge is 0.379 e. The number of hydrogen-bond donors (Lipinski definition) is 0. The zero-order valence-corrected chi connectivity index (χ0v) is 14.3. The lowest BCUT2D eigenvalue weighted by Crippen LogP contribution is -2.40. The Bertz CT molecular complexity index is 711. The molecule has 0 N–H and O–H groups in total. The predicted octanol–water partition coefficient (Wildman–Crippen LogP) is 1.40. The van der Waals surface area contributed by atoms with Crippen LogP contribution in [0.15, 0.2) is 23.1 Å². The average Bonchev–Trinajstić information content (AvgIpc) is 2.89. The minimum Gasteiger partial charge on any atom is -0.379 e. The number of morpholine rings is 1. The summed E-state index contributed by atoms with van der Waals surface area (Å²) in [7, 11) is -3.49. The summed E-state index contributed by atoms with van der Waals surface area (Å²) in [6.07, 6.45) is 1.13. The van der Waals surface area contributed by atoms with Gasteiger partial charge >= 0.3 is 0 Å². The first-order valence-corrected chi connectivity index (χ1v) is 9.42. The molecule has 0 unspecified atom stereocenters. The SMILES string of the molecule is CCC(=O)N1c2ccc(S(=O)(=O)N3CCOCC3)cc2C[C@H]1C. The zero-order valence-electron chi connectivity index (χ0n) is 13.5. The van der Waals surface area contributed by atoms with E-state index in [1.54, 1.807) is 23.1 Å². The molecule has 0 aromatic heterocycles. The predicted molar refractivity (Wildman–Crippen MR) is 87.0 cm³/mol. The Morgan fingerprint density at radius 3 is 2.65 bits per heavy atom. The number of hydrogen-bond acceptors (Lipinski definition) is 4. The summed E-state index contributed by atoms with van der Waals surface area (Å²) in [5, 5.41) is 0. The van der Waals surface area contributed by atoms with Gasteiger partial charge in [-0.1, -0.05) is 6.92 Å². The third kappa shape index (κ3) is 2.88. The molecule has 1 amide bonds. The Balaban J connectivity index is 1.93. The van der Waals surface area contributed by atoms with Crippen LogP contribution in [0.4, 0.5) is 5.69 Å². The van der Waals surface area contributed by atoms with Crippen LogP contribution in [0, 0.1) is 0 Å². The van der Waals surface area contributed by atoms with Crippen molar-refractivity contribution in [2.75, 3.05) is 31.2 Å². The van der Waals surface area contributed by atoms with E-state index in [1.807, 2.05) is 13.8 Å². The number of sulfonamides is 1. The van der Waals surface area contributed by atoms with E-state index in [-0.39, 0.29) is 11.9 Å². The normalized spacial score (nSPS) is 22.2. The molecule has 0 saturated carbocycles. The van der Waals surface area contributed by atoms with Gasteiger partial charge in [-0.15, -0.1) is 0 Å².